The lowest BCUT2D eigenvalue weighted by atomic mass is 9.94. The maximum absolute atomic E-state index is 13.4. The van der Waals surface area contributed by atoms with Gasteiger partial charge in [-0.3, -0.25) is 9.78 Å². The van der Waals surface area contributed by atoms with Crippen LogP contribution in [0.5, 0.6) is 0 Å². The first-order chi connectivity index (χ1) is 12.0. The van der Waals surface area contributed by atoms with Gasteiger partial charge in [0.15, 0.2) is 0 Å². The van der Waals surface area contributed by atoms with Crippen LogP contribution in [0.2, 0.25) is 0 Å². The summed E-state index contributed by atoms with van der Waals surface area (Å²) < 4.78 is 13.4. The molecular formula is C19H15BFN3O. The fourth-order valence-electron chi connectivity index (χ4n) is 2.41. The van der Waals surface area contributed by atoms with Crippen LogP contribution < -0.4 is 15.7 Å². The summed E-state index contributed by atoms with van der Waals surface area (Å²) in [6.45, 7) is 0. The van der Waals surface area contributed by atoms with Crippen molar-refractivity contribution in [3.63, 3.8) is 0 Å². The van der Waals surface area contributed by atoms with E-state index < -0.39 is 5.82 Å². The third-order valence-corrected chi connectivity index (χ3v) is 3.72. The smallest absolute Gasteiger partial charge is 0.255 e. The Bertz CT molecular complexity index is 916. The van der Waals surface area contributed by atoms with Crippen LogP contribution >= 0.6 is 0 Å². The van der Waals surface area contributed by atoms with E-state index in [9.17, 15) is 9.18 Å². The van der Waals surface area contributed by atoms with Gasteiger partial charge in [-0.05, 0) is 24.3 Å². The van der Waals surface area contributed by atoms with E-state index in [1.165, 1.54) is 6.07 Å². The van der Waals surface area contributed by atoms with Gasteiger partial charge in [-0.2, -0.15) is 0 Å². The van der Waals surface area contributed by atoms with Gasteiger partial charge in [0.05, 0.1) is 18.1 Å². The molecule has 6 heteroatoms. The van der Waals surface area contributed by atoms with Gasteiger partial charge in [-0.25, -0.2) is 4.39 Å². The molecule has 3 rings (SSSR count). The van der Waals surface area contributed by atoms with E-state index in [4.69, 9.17) is 7.85 Å². The average molecular weight is 331 g/mol. The highest BCUT2D eigenvalue weighted by atomic mass is 19.1. The van der Waals surface area contributed by atoms with E-state index in [2.05, 4.69) is 10.3 Å². The van der Waals surface area contributed by atoms with E-state index in [1.54, 1.807) is 54.5 Å². The van der Waals surface area contributed by atoms with Crippen molar-refractivity contribution in [2.45, 2.75) is 0 Å². The maximum atomic E-state index is 13.4. The minimum atomic E-state index is -0.407. The molecule has 3 aromatic rings. The van der Waals surface area contributed by atoms with Gasteiger partial charge in [-0.15, -0.1) is 0 Å². The zero-order valence-corrected chi connectivity index (χ0v) is 13.6. The van der Waals surface area contributed by atoms with E-state index in [1.807, 2.05) is 12.1 Å². The van der Waals surface area contributed by atoms with E-state index >= 15 is 0 Å². The number of carbonyl (C=O) groups excluding carboxylic acids is 1. The summed E-state index contributed by atoms with van der Waals surface area (Å²) in [4.78, 5) is 18.0. The molecule has 2 aromatic carbocycles. The zero-order valence-electron chi connectivity index (χ0n) is 13.6. The normalized spacial score (nSPS) is 10.3. The molecule has 4 nitrogen and oxygen atoms in total. The molecule has 1 amide bonds. The number of carbonyl (C=O) groups is 1. The monoisotopic (exact) mass is 331 g/mol. The number of nitrogens with one attached hydrogen (secondary N) is 1. The average Bonchev–Trinajstić information content (AvgIpc) is 2.61. The molecule has 122 valence electrons. The number of benzene rings is 2. The maximum Gasteiger partial charge on any atom is 0.255 e. The van der Waals surface area contributed by atoms with Crippen molar-refractivity contribution in [1.29, 1.82) is 0 Å². The lowest BCUT2D eigenvalue weighted by Gasteiger charge is -2.20. The van der Waals surface area contributed by atoms with Gasteiger partial charge >= 0.3 is 0 Å². The standard InChI is InChI=1S/C19H15BFN3O/c1-24(18-9-15(21)11-22-12-18)17-7-3-6-16(10-17)23-19(25)13-4-2-5-14(20)8-13/h2-12H,1H3,(H,23,25). The third-order valence-electron chi connectivity index (χ3n) is 3.72. The molecule has 0 fully saturated rings. The molecule has 0 aliphatic heterocycles. The third kappa shape index (κ3) is 4.04. The number of hydrogen-bond donors (Lipinski definition) is 1. The highest BCUT2D eigenvalue weighted by molar-refractivity contribution is 6.32. The van der Waals surface area contributed by atoms with Crippen LogP contribution in [0.15, 0.2) is 67.0 Å². The summed E-state index contributed by atoms with van der Waals surface area (Å²) >= 11 is 0. The van der Waals surface area contributed by atoms with Crippen LogP contribution in [0.1, 0.15) is 10.4 Å². The minimum Gasteiger partial charge on any atom is -0.343 e. The number of amides is 1. The molecule has 0 aliphatic carbocycles. The molecule has 0 bridgehead atoms. The summed E-state index contributed by atoms with van der Waals surface area (Å²) in [6, 6.07) is 15.4. The quantitative estimate of drug-likeness (QED) is 0.748. The lowest BCUT2D eigenvalue weighted by Crippen LogP contribution is -2.15. The minimum absolute atomic E-state index is 0.250. The van der Waals surface area contributed by atoms with Crippen molar-refractivity contribution in [3.05, 3.63) is 78.4 Å². The SMILES string of the molecule is [B]c1cccc(C(=O)Nc2cccc(N(C)c3cncc(F)c3)c2)c1. The predicted molar refractivity (Wildman–Crippen MR) is 98.5 cm³/mol. The van der Waals surface area contributed by atoms with Gasteiger partial charge in [0.2, 0.25) is 0 Å². The number of anilines is 3. The highest BCUT2D eigenvalue weighted by Gasteiger charge is 2.09. The van der Waals surface area contributed by atoms with Crippen molar-refractivity contribution in [2.75, 3.05) is 17.3 Å². The van der Waals surface area contributed by atoms with Crippen molar-refractivity contribution in [1.82, 2.24) is 4.98 Å². The van der Waals surface area contributed by atoms with Gasteiger partial charge in [0.1, 0.15) is 13.7 Å². The Morgan fingerprint density at radius 1 is 1.08 bits per heavy atom. The Balaban J connectivity index is 1.80. The van der Waals surface area contributed by atoms with Gasteiger partial charge < -0.3 is 10.2 Å². The van der Waals surface area contributed by atoms with Gasteiger partial charge in [0, 0.05) is 30.1 Å². The van der Waals surface area contributed by atoms with Crippen LogP contribution in [0.25, 0.3) is 0 Å². The molecule has 0 aliphatic rings. The topological polar surface area (TPSA) is 45.2 Å². The molecule has 1 heterocycles. The van der Waals surface area contributed by atoms with E-state index in [0.29, 0.717) is 22.4 Å². The Morgan fingerprint density at radius 2 is 1.88 bits per heavy atom. The lowest BCUT2D eigenvalue weighted by molar-refractivity contribution is 0.102. The van der Waals surface area contributed by atoms with Crippen molar-refractivity contribution < 1.29 is 9.18 Å². The Labute approximate surface area is 146 Å². The zero-order chi connectivity index (χ0) is 17.8. The largest absolute Gasteiger partial charge is 0.343 e. The van der Waals surface area contributed by atoms with Crippen LogP contribution in [0, 0.1) is 5.82 Å². The van der Waals surface area contributed by atoms with Crippen LogP contribution in [-0.4, -0.2) is 25.8 Å². The fourth-order valence-corrected chi connectivity index (χ4v) is 2.41. The number of hydrogen-bond acceptors (Lipinski definition) is 3. The van der Waals surface area contributed by atoms with Crippen molar-refractivity contribution in [3.8, 4) is 0 Å². The second kappa shape index (κ2) is 7.17. The number of rotatable bonds is 4. The number of halogens is 1. The molecule has 1 aromatic heterocycles. The summed E-state index contributed by atoms with van der Waals surface area (Å²) in [5.41, 5.74) is 3.03. The molecule has 1 N–H and O–H groups in total. The molecule has 0 spiro atoms. The molecule has 0 atom stereocenters. The van der Waals surface area contributed by atoms with Crippen molar-refractivity contribution in [2.24, 2.45) is 0 Å². The first-order valence-electron chi connectivity index (χ1n) is 7.64. The first-order valence-corrected chi connectivity index (χ1v) is 7.64. The molecule has 2 radical (unpaired) electrons. The van der Waals surface area contributed by atoms with Crippen LogP contribution in [-0.2, 0) is 0 Å². The highest BCUT2D eigenvalue weighted by Crippen LogP contribution is 2.25. The number of nitrogens with zero attached hydrogens (tertiary/aromatic N) is 2. The van der Waals surface area contributed by atoms with E-state index in [0.717, 1.165) is 11.9 Å². The second-order valence-electron chi connectivity index (χ2n) is 5.55. The summed E-state index contributed by atoms with van der Waals surface area (Å²) in [5.74, 6) is -0.657. The molecule has 0 saturated heterocycles. The summed E-state index contributed by atoms with van der Waals surface area (Å²) in [5, 5.41) is 2.83. The van der Waals surface area contributed by atoms with Gasteiger partial charge in [0.25, 0.3) is 5.91 Å². The van der Waals surface area contributed by atoms with Crippen molar-refractivity contribution >= 4 is 36.3 Å². The second-order valence-corrected chi connectivity index (χ2v) is 5.55. The molecular weight excluding hydrogens is 316 g/mol. The predicted octanol–water partition coefficient (Wildman–Crippen LogP) is 3.03. The Hall–Kier alpha value is -3.15. The summed E-state index contributed by atoms with van der Waals surface area (Å²) in [6.07, 6.45) is 2.72. The first kappa shape index (κ1) is 16.7. The molecule has 25 heavy (non-hydrogen) atoms. The number of pyridine rings is 1. The van der Waals surface area contributed by atoms with Crippen LogP contribution in [0.3, 0.4) is 0 Å². The molecule has 0 unspecified atom stereocenters. The van der Waals surface area contributed by atoms with E-state index in [-0.39, 0.29) is 5.91 Å². The van der Waals surface area contributed by atoms with Crippen LogP contribution in [0.4, 0.5) is 21.5 Å². The molecule has 0 saturated carbocycles. The summed E-state index contributed by atoms with van der Waals surface area (Å²) in [7, 11) is 7.51. The fraction of sp³-hybridized carbons (Fsp3) is 0.0526. The van der Waals surface area contributed by atoms with Gasteiger partial charge in [-0.1, -0.05) is 29.7 Å². The Kier molecular flexibility index (Phi) is 4.79. The number of aromatic nitrogens is 1. The Morgan fingerprint density at radius 3 is 2.64 bits per heavy atom.